The highest BCUT2D eigenvalue weighted by atomic mass is 35.5. The molecule has 6 rings (SSSR count). The third-order valence-corrected chi connectivity index (χ3v) is 10.5. The molecule has 4 amide bonds. The number of phenolic OH excluding ortho intramolecular Hbond substituents is 1. The number of methoxy groups -OCH3 is 1. The van der Waals surface area contributed by atoms with Gasteiger partial charge in [-0.15, -0.1) is 23.2 Å². The molecule has 2 aromatic rings. The van der Waals surface area contributed by atoms with Gasteiger partial charge in [0.05, 0.1) is 24.6 Å². The van der Waals surface area contributed by atoms with Gasteiger partial charge >= 0.3 is 0 Å². The van der Waals surface area contributed by atoms with E-state index in [1.807, 2.05) is 6.08 Å². The summed E-state index contributed by atoms with van der Waals surface area (Å²) in [7, 11) is 1.39. The van der Waals surface area contributed by atoms with Crippen LogP contribution in [-0.4, -0.2) is 56.0 Å². The summed E-state index contributed by atoms with van der Waals surface area (Å²) >= 11 is 14.6. The lowest BCUT2D eigenvalue weighted by Crippen LogP contribution is -2.60. The molecule has 42 heavy (non-hydrogen) atoms. The molecule has 6 atom stereocenters. The Hall–Kier alpha value is -3.43. The van der Waals surface area contributed by atoms with E-state index >= 15 is 0 Å². The number of amides is 4. The molecule has 2 heterocycles. The summed E-state index contributed by atoms with van der Waals surface area (Å²) in [5, 5.41) is 10.7. The van der Waals surface area contributed by atoms with Crippen LogP contribution in [0.2, 0.25) is 0 Å². The molecule has 2 aromatic carbocycles. The number of rotatable bonds is 3. The fourth-order valence-corrected chi connectivity index (χ4v) is 8.26. The molecule has 11 heteroatoms. The van der Waals surface area contributed by atoms with Gasteiger partial charge in [-0.25, -0.2) is 9.29 Å². The predicted molar refractivity (Wildman–Crippen MR) is 153 cm³/mol. The number of allylic oxidation sites excluding steroid dienone is 2. The number of carbonyl (C=O) groups is 4. The standard InChI is InChI=1S/C31H29Cl2FN2O6/c1-29(2,3)36-25(38)19-11-10-18-20(23(19)26(36)39)14-30(32)27(40)35(17-8-6-16(34)7-9-17)28(41)31(30,33)24(18)15-5-12-22(42-4)21(37)13-15/h5-10,12-13,19-20,23-24,37H,11,14H2,1-4H3/t19-,20+,23-,24-,30+,31-/m0/s1. The van der Waals surface area contributed by atoms with Crippen LogP contribution in [0.3, 0.4) is 0 Å². The topological polar surface area (TPSA) is 104 Å². The largest absolute Gasteiger partial charge is 0.504 e. The summed E-state index contributed by atoms with van der Waals surface area (Å²) in [4.78, 5) is 53.9. The fraction of sp³-hybridized carbons (Fsp3) is 0.419. The Morgan fingerprint density at radius 1 is 0.976 bits per heavy atom. The van der Waals surface area contributed by atoms with Crippen molar-refractivity contribution >= 4 is 52.5 Å². The predicted octanol–water partition coefficient (Wildman–Crippen LogP) is 4.90. The Bertz CT molecular complexity index is 1590. The Morgan fingerprint density at radius 3 is 2.24 bits per heavy atom. The molecule has 2 aliphatic carbocycles. The lowest BCUT2D eigenvalue weighted by molar-refractivity contribution is -0.145. The highest BCUT2D eigenvalue weighted by molar-refractivity contribution is 6.58. The van der Waals surface area contributed by atoms with Crippen LogP contribution in [-0.2, 0) is 19.2 Å². The molecule has 220 valence electrons. The summed E-state index contributed by atoms with van der Waals surface area (Å²) in [6.07, 6.45) is 1.88. The van der Waals surface area contributed by atoms with Gasteiger partial charge in [0.15, 0.2) is 21.2 Å². The average Bonchev–Trinajstić information content (AvgIpc) is 3.27. The minimum atomic E-state index is -2.08. The first-order valence-electron chi connectivity index (χ1n) is 13.6. The molecule has 1 saturated carbocycles. The molecule has 8 nitrogen and oxygen atoms in total. The van der Waals surface area contributed by atoms with Gasteiger partial charge in [-0.1, -0.05) is 17.7 Å². The molecule has 3 fully saturated rings. The van der Waals surface area contributed by atoms with Crippen LogP contribution in [0.4, 0.5) is 10.1 Å². The van der Waals surface area contributed by atoms with Crippen molar-refractivity contribution < 1.29 is 33.4 Å². The molecule has 0 unspecified atom stereocenters. The maximum atomic E-state index is 14.3. The van der Waals surface area contributed by atoms with Crippen LogP contribution in [0.15, 0.2) is 54.1 Å². The number of carbonyl (C=O) groups excluding carboxylic acids is 4. The monoisotopic (exact) mass is 614 g/mol. The zero-order valence-corrected chi connectivity index (χ0v) is 24.9. The van der Waals surface area contributed by atoms with E-state index < -0.39 is 56.6 Å². The van der Waals surface area contributed by atoms with E-state index in [2.05, 4.69) is 0 Å². The first-order chi connectivity index (χ1) is 19.7. The van der Waals surface area contributed by atoms with Crippen molar-refractivity contribution in [3.05, 3.63) is 65.5 Å². The third kappa shape index (κ3) is 3.65. The van der Waals surface area contributed by atoms with Gasteiger partial charge < -0.3 is 9.84 Å². The number of anilines is 1. The van der Waals surface area contributed by atoms with E-state index in [1.54, 1.807) is 26.8 Å². The fourth-order valence-electron chi connectivity index (χ4n) is 7.32. The molecule has 0 bridgehead atoms. The van der Waals surface area contributed by atoms with Crippen molar-refractivity contribution in [3.8, 4) is 11.5 Å². The van der Waals surface area contributed by atoms with Crippen molar-refractivity contribution in [1.82, 2.24) is 4.90 Å². The van der Waals surface area contributed by atoms with Crippen LogP contribution in [0.25, 0.3) is 0 Å². The molecule has 4 aliphatic rings. The number of fused-ring (bicyclic) bond motifs is 4. The summed E-state index contributed by atoms with van der Waals surface area (Å²) in [6, 6.07) is 9.37. The van der Waals surface area contributed by atoms with E-state index in [-0.39, 0.29) is 41.8 Å². The number of hydrogen-bond donors (Lipinski definition) is 1. The van der Waals surface area contributed by atoms with E-state index in [9.17, 15) is 28.7 Å². The van der Waals surface area contributed by atoms with Crippen LogP contribution in [0.1, 0.15) is 45.1 Å². The summed E-state index contributed by atoms with van der Waals surface area (Å²) in [5.41, 5.74) is 0.313. The van der Waals surface area contributed by atoms with E-state index in [4.69, 9.17) is 27.9 Å². The smallest absolute Gasteiger partial charge is 0.258 e. The maximum absolute atomic E-state index is 14.3. The quantitative estimate of drug-likeness (QED) is 0.299. The number of halogens is 3. The first kappa shape index (κ1) is 28.7. The molecule has 2 aliphatic heterocycles. The van der Waals surface area contributed by atoms with E-state index in [1.165, 1.54) is 36.3 Å². The van der Waals surface area contributed by atoms with Crippen molar-refractivity contribution in [2.45, 2.75) is 54.8 Å². The molecule has 0 aromatic heterocycles. The number of phenols is 1. The third-order valence-electron chi connectivity index (χ3n) is 9.10. The van der Waals surface area contributed by atoms with Gasteiger partial charge in [0.1, 0.15) is 5.82 Å². The maximum Gasteiger partial charge on any atom is 0.258 e. The number of aromatic hydroxyl groups is 1. The number of imide groups is 2. The normalized spacial score (nSPS) is 32.5. The second-order valence-electron chi connectivity index (χ2n) is 12.4. The highest BCUT2D eigenvalue weighted by Gasteiger charge is 2.76. The zero-order chi connectivity index (χ0) is 30.5. The zero-order valence-electron chi connectivity index (χ0n) is 23.4. The van der Waals surface area contributed by atoms with Crippen LogP contribution in [0, 0.1) is 23.6 Å². The van der Waals surface area contributed by atoms with Gasteiger partial charge in [0, 0.05) is 11.5 Å². The minimum absolute atomic E-state index is 0.0954. The van der Waals surface area contributed by atoms with Gasteiger partial charge in [-0.3, -0.25) is 24.1 Å². The Kier molecular flexibility index (Phi) is 6.34. The number of likely N-dealkylation sites (tertiary alicyclic amines) is 1. The Balaban J connectivity index is 1.56. The minimum Gasteiger partial charge on any atom is -0.504 e. The molecule has 0 radical (unpaired) electrons. The highest BCUT2D eigenvalue weighted by Crippen LogP contribution is 2.66. The number of hydrogen-bond acceptors (Lipinski definition) is 6. The van der Waals surface area contributed by atoms with Crippen molar-refractivity contribution in [2.24, 2.45) is 17.8 Å². The number of ether oxygens (including phenoxy) is 1. The van der Waals surface area contributed by atoms with Crippen LogP contribution >= 0.6 is 23.2 Å². The van der Waals surface area contributed by atoms with Gasteiger partial charge in [0.25, 0.3) is 11.8 Å². The number of benzene rings is 2. The van der Waals surface area contributed by atoms with Gasteiger partial charge in [-0.05, 0) is 81.5 Å². The molecule has 2 saturated heterocycles. The SMILES string of the molecule is COc1ccc([C@H]2C3=CC[C@@H]4C(=O)N(C(C)(C)C)C(=O)[C@@H]4[C@@H]3C[C@@]3(Cl)C(=O)N(c4ccc(F)cc4)C(=O)[C@@]23Cl)cc1O. The number of alkyl halides is 2. The Labute approximate surface area is 252 Å². The van der Waals surface area contributed by atoms with Crippen molar-refractivity contribution in [3.63, 3.8) is 0 Å². The Morgan fingerprint density at radius 2 is 1.64 bits per heavy atom. The van der Waals surface area contributed by atoms with Crippen molar-refractivity contribution in [1.29, 1.82) is 0 Å². The molecular formula is C31H29Cl2FN2O6. The lowest BCUT2D eigenvalue weighted by atomic mass is 9.56. The van der Waals surface area contributed by atoms with Crippen LogP contribution < -0.4 is 9.64 Å². The molecule has 0 spiro atoms. The van der Waals surface area contributed by atoms with E-state index in [0.717, 1.165) is 17.0 Å². The second-order valence-corrected chi connectivity index (χ2v) is 13.6. The lowest BCUT2D eigenvalue weighted by Gasteiger charge is -2.50. The summed E-state index contributed by atoms with van der Waals surface area (Å²) < 4.78 is 19.0. The molecule has 1 N–H and O–H groups in total. The van der Waals surface area contributed by atoms with Gasteiger partial charge in [0.2, 0.25) is 11.8 Å². The van der Waals surface area contributed by atoms with Crippen LogP contribution in [0.5, 0.6) is 11.5 Å². The van der Waals surface area contributed by atoms with Crippen molar-refractivity contribution in [2.75, 3.05) is 12.0 Å². The average molecular weight is 615 g/mol. The summed E-state index contributed by atoms with van der Waals surface area (Å²) in [6.45, 7) is 5.35. The van der Waals surface area contributed by atoms with Gasteiger partial charge in [-0.2, -0.15) is 0 Å². The molecular weight excluding hydrogens is 586 g/mol. The van der Waals surface area contributed by atoms with E-state index in [0.29, 0.717) is 11.1 Å². The second kappa shape index (κ2) is 9.28. The summed E-state index contributed by atoms with van der Waals surface area (Å²) in [5.74, 6) is -6.07. The first-order valence-corrected chi connectivity index (χ1v) is 14.4. The number of nitrogens with zero attached hydrogens (tertiary/aromatic N) is 2.